The molecule has 1 aromatic rings. The van der Waals surface area contributed by atoms with Crippen LogP contribution in [0.15, 0.2) is 35.7 Å². The Morgan fingerprint density at radius 2 is 2.15 bits per heavy atom. The van der Waals surface area contributed by atoms with Crippen molar-refractivity contribution >= 4 is 11.9 Å². The zero-order valence-electron chi connectivity index (χ0n) is 15.3. The molecule has 1 aromatic heterocycles. The number of β-lactam (4-membered cyclic amide) rings is 1. The Balaban J connectivity index is 1.73. The minimum absolute atomic E-state index is 0.0873. The molecular weight excluding hydrogens is 334 g/mol. The van der Waals surface area contributed by atoms with Crippen LogP contribution in [0.5, 0.6) is 0 Å². The van der Waals surface area contributed by atoms with Crippen molar-refractivity contribution in [3.8, 4) is 0 Å². The van der Waals surface area contributed by atoms with Gasteiger partial charge in [0.15, 0.2) is 0 Å². The highest BCUT2D eigenvalue weighted by molar-refractivity contribution is 6.00. The third kappa shape index (κ3) is 3.12. The van der Waals surface area contributed by atoms with Gasteiger partial charge in [-0.25, -0.2) is 4.79 Å². The SMILES string of the molecule is C[C@@H](O)[C@H]1C(=O)N2C(C(=O)O)=C(CN(C)CCc3ccccn3)[C@H](C)[C@H]12. The lowest BCUT2D eigenvalue weighted by Crippen LogP contribution is -2.63. The van der Waals surface area contributed by atoms with Crippen molar-refractivity contribution in [1.29, 1.82) is 0 Å². The lowest BCUT2D eigenvalue weighted by Gasteiger charge is -2.46. The fourth-order valence-corrected chi connectivity index (χ4v) is 4.07. The highest BCUT2D eigenvalue weighted by atomic mass is 16.4. The first-order valence-corrected chi connectivity index (χ1v) is 8.88. The molecule has 3 heterocycles. The molecule has 2 aliphatic rings. The summed E-state index contributed by atoms with van der Waals surface area (Å²) in [6.45, 7) is 4.74. The standard InChI is InChI=1S/C19H25N3O4/c1-11-14(10-21(3)9-7-13-6-4-5-8-20-13)17(19(25)26)22-16(11)15(12(2)23)18(22)24/h4-6,8,11-12,15-16,23H,7,9-10H2,1-3H3,(H,25,26)/t11-,12+,15+,16+/m0/s1. The van der Waals surface area contributed by atoms with Crippen molar-refractivity contribution < 1.29 is 19.8 Å². The smallest absolute Gasteiger partial charge is 0.352 e. The second-order valence-electron chi connectivity index (χ2n) is 7.24. The lowest BCUT2D eigenvalue weighted by molar-refractivity contribution is -0.163. The molecule has 0 aromatic carbocycles. The first-order valence-electron chi connectivity index (χ1n) is 8.88. The number of aliphatic hydroxyl groups is 1. The monoisotopic (exact) mass is 359 g/mol. The third-order valence-electron chi connectivity index (χ3n) is 5.43. The van der Waals surface area contributed by atoms with Crippen LogP contribution in [0.25, 0.3) is 0 Å². The number of hydrogen-bond acceptors (Lipinski definition) is 5. The van der Waals surface area contributed by atoms with Crippen LogP contribution in [0.1, 0.15) is 19.5 Å². The Morgan fingerprint density at radius 1 is 1.42 bits per heavy atom. The van der Waals surface area contributed by atoms with Crippen LogP contribution in [0, 0.1) is 11.8 Å². The Labute approximate surface area is 152 Å². The topological polar surface area (TPSA) is 94.0 Å². The van der Waals surface area contributed by atoms with E-state index < -0.39 is 18.0 Å². The minimum Gasteiger partial charge on any atom is -0.477 e. The van der Waals surface area contributed by atoms with Gasteiger partial charge in [0.25, 0.3) is 0 Å². The van der Waals surface area contributed by atoms with Gasteiger partial charge in [0.05, 0.1) is 18.1 Å². The number of pyridine rings is 1. The maximum absolute atomic E-state index is 12.3. The number of fused-ring (bicyclic) bond motifs is 1. The van der Waals surface area contributed by atoms with Crippen LogP contribution in [-0.2, 0) is 16.0 Å². The van der Waals surface area contributed by atoms with Crippen LogP contribution in [-0.4, -0.2) is 69.2 Å². The number of rotatable bonds is 7. The summed E-state index contributed by atoms with van der Waals surface area (Å²) in [7, 11) is 1.94. The van der Waals surface area contributed by atoms with Crippen LogP contribution >= 0.6 is 0 Å². The highest BCUT2D eigenvalue weighted by Gasteiger charge is 2.59. The van der Waals surface area contributed by atoms with Gasteiger partial charge in [0.2, 0.25) is 5.91 Å². The van der Waals surface area contributed by atoms with E-state index in [4.69, 9.17) is 0 Å². The summed E-state index contributed by atoms with van der Waals surface area (Å²) in [4.78, 5) is 31.8. The Hall–Kier alpha value is -2.25. The van der Waals surface area contributed by atoms with Gasteiger partial charge in [-0.05, 0) is 31.7 Å². The normalized spacial score (nSPS) is 26.1. The summed E-state index contributed by atoms with van der Waals surface area (Å²) in [5, 5.41) is 19.5. The number of carboxylic acid groups (broad SMARTS) is 1. The number of hydrogen-bond donors (Lipinski definition) is 2. The molecule has 0 saturated carbocycles. The van der Waals surface area contributed by atoms with Gasteiger partial charge in [-0.15, -0.1) is 0 Å². The van der Waals surface area contributed by atoms with Crippen molar-refractivity contribution in [3.63, 3.8) is 0 Å². The van der Waals surface area contributed by atoms with E-state index in [0.717, 1.165) is 24.2 Å². The van der Waals surface area contributed by atoms with Gasteiger partial charge >= 0.3 is 5.97 Å². The maximum Gasteiger partial charge on any atom is 0.352 e. The molecule has 1 amide bonds. The van der Waals surface area contributed by atoms with Crippen molar-refractivity contribution in [2.75, 3.05) is 20.1 Å². The number of carboxylic acids is 1. The Morgan fingerprint density at radius 3 is 2.73 bits per heavy atom. The number of aliphatic carboxylic acids is 1. The summed E-state index contributed by atoms with van der Waals surface area (Å²) in [6, 6.07) is 5.52. The summed E-state index contributed by atoms with van der Waals surface area (Å²) < 4.78 is 0. The van der Waals surface area contributed by atoms with Crippen molar-refractivity contribution in [1.82, 2.24) is 14.8 Å². The molecule has 0 aliphatic carbocycles. The molecule has 26 heavy (non-hydrogen) atoms. The van der Waals surface area contributed by atoms with Crippen LogP contribution in [0.2, 0.25) is 0 Å². The number of carbonyl (C=O) groups excluding carboxylic acids is 1. The number of amides is 1. The fraction of sp³-hybridized carbons (Fsp3) is 0.526. The van der Waals surface area contributed by atoms with E-state index >= 15 is 0 Å². The van der Waals surface area contributed by atoms with E-state index in [1.165, 1.54) is 4.90 Å². The van der Waals surface area contributed by atoms with E-state index in [0.29, 0.717) is 6.54 Å². The average molecular weight is 359 g/mol. The van der Waals surface area contributed by atoms with Gasteiger partial charge in [0.1, 0.15) is 5.70 Å². The third-order valence-corrected chi connectivity index (χ3v) is 5.43. The van der Waals surface area contributed by atoms with Gasteiger partial charge in [0, 0.05) is 37.3 Å². The molecule has 0 unspecified atom stereocenters. The largest absolute Gasteiger partial charge is 0.477 e. The quantitative estimate of drug-likeness (QED) is 0.698. The zero-order chi connectivity index (χ0) is 19.0. The van der Waals surface area contributed by atoms with Crippen molar-refractivity contribution in [2.24, 2.45) is 11.8 Å². The lowest BCUT2D eigenvalue weighted by atomic mass is 9.77. The second-order valence-corrected chi connectivity index (χ2v) is 7.24. The van der Waals surface area contributed by atoms with Gasteiger partial charge in [-0.1, -0.05) is 13.0 Å². The molecule has 2 N–H and O–H groups in total. The number of nitrogens with zero attached hydrogens (tertiary/aromatic N) is 3. The molecule has 7 nitrogen and oxygen atoms in total. The van der Waals surface area contributed by atoms with E-state index in [-0.39, 0.29) is 23.6 Å². The fourth-order valence-electron chi connectivity index (χ4n) is 4.07. The predicted molar refractivity (Wildman–Crippen MR) is 95.1 cm³/mol. The molecule has 4 atom stereocenters. The number of carbonyl (C=O) groups is 2. The summed E-state index contributed by atoms with van der Waals surface area (Å²) in [5.74, 6) is -1.98. The number of aliphatic hydroxyl groups excluding tert-OH is 1. The van der Waals surface area contributed by atoms with Gasteiger partial charge in [-0.3, -0.25) is 9.78 Å². The molecule has 0 bridgehead atoms. The molecule has 0 radical (unpaired) electrons. The Kier molecular flexibility index (Phi) is 5.11. The van der Waals surface area contributed by atoms with Crippen LogP contribution < -0.4 is 0 Å². The summed E-state index contributed by atoms with van der Waals surface area (Å²) in [6.07, 6.45) is 1.75. The van der Waals surface area contributed by atoms with E-state index in [2.05, 4.69) is 9.88 Å². The Bertz CT molecular complexity index is 732. The van der Waals surface area contributed by atoms with E-state index in [1.807, 2.05) is 32.2 Å². The molecule has 1 saturated heterocycles. The summed E-state index contributed by atoms with van der Waals surface area (Å²) >= 11 is 0. The van der Waals surface area contributed by atoms with Gasteiger partial charge in [-0.2, -0.15) is 0 Å². The van der Waals surface area contributed by atoms with Crippen molar-refractivity contribution in [2.45, 2.75) is 32.4 Å². The summed E-state index contributed by atoms with van der Waals surface area (Å²) in [5.41, 5.74) is 1.83. The van der Waals surface area contributed by atoms with E-state index in [1.54, 1.807) is 13.1 Å². The molecule has 7 heteroatoms. The zero-order valence-corrected chi connectivity index (χ0v) is 15.3. The maximum atomic E-state index is 12.3. The number of aromatic nitrogens is 1. The average Bonchev–Trinajstić information content (AvgIpc) is 2.83. The minimum atomic E-state index is -1.08. The molecule has 140 valence electrons. The molecule has 3 rings (SSSR count). The molecule has 2 aliphatic heterocycles. The van der Waals surface area contributed by atoms with Gasteiger partial charge < -0.3 is 20.0 Å². The first-order chi connectivity index (χ1) is 12.3. The van der Waals surface area contributed by atoms with Crippen LogP contribution in [0.4, 0.5) is 0 Å². The van der Waals surface area contributed by atoms with E-state index in [9.17, 15) is 19.8 Å². The molecular formula is C19H25N3O4. The first kappa shape index (κ1) is 18.5. The highest BCUT2D eigenvalue weighted by Crippen LogP contribution is 2.47. The number of likely N-dealkylation sites (N-methyl/N-ethyl adjacent to an activating group) is 1. The van der Waals surface area contributed by atoms with Crippen molar-refractivity contribution in [3.05, 3.63) is 41.4 Å². The molecule has 1 fully saturated rings. The van der Waals surface area contributed by atoms with Crippen LogP contribution in [0.3, 0.4) is 0 Å². The molecule has 0 spiro atoms. The predicted octanol–water partition coefficient (Wildman–Crippen LogP) is 0.752. The second kappa shape index (κ2) is 7.17.